The summed E-state index contributed by atoms with van der Waals surface area (Å²) in [7, 11) is 0. The van der Waals surface area contributed by atoms with Gasteiger partial charge in [-0.2, -0.15) is 18.4 Å². The van der Waals surface area contributed by atoms with Crippen LogP contribution < -0.4 is 15.8 Å². The number of anilines is 1. The summed E-state index contributed by atoms with van der Waals surface area (Å²) in [6.45, 7) is 1.09. The molecule has 3 aliphatic heterocycles. The van der Waals surface area contributed by atoms with Crippen LogP contribution in [0.3, 0.4) is 0 Å². The molecule has 2 N–H and O–H groups in total. The van der Waals surface area contributed by atoms with E-state index >= 15 is 0 Å². The first-order valence-electron chi connectivity index (χ1n) is 10.8. The number of rotatable bonds is 2. The number of hydrogen-bond donors (Lipinski definition) is 2. The summed E-state index contributed by atoms with van der Waals surface area (Å²) in [6, 6.07) is 5.80. The van der Waals surface area contributed by atoms with Gasteiger partial charge in [0.05, 0.1) is 22.5 Å². The Morgan fingerprint density at radius 2 is 2.03 bits per heavy atom. The average Bonchev–Trinajstić information content (AvgIpc) is 3.27. The number of aromatic nitrogens is 1. The first kappa shape index (κ1) is 22.5. The minimum Gasteiger partial charge on any atom is -0.370 e. The Bertz CT molecular complexity index is 1250. The van der Waals surface area contributed by atoms with E-state index in [1.807, 2.05) is 0 Å². The molecule has 3 aliphatic rings. The van der Waals surface area contributed by atoms with E-state index in [1.54, 1.807) is 24.4 Å². The van der Waals surface area contributed by atoms with Crippen LogP contribution in [0.25, 0.3) is 10.9 Å². The number of hydrazine groups is 1. The summed E-state index contributed by atoms with van der Waals surface area (Å²) in [6.07, 6.45) is 2.48. The van der Waals surface area contributed by atoms with Gasteiger partial charge in [0.25, 0.3) is 0 Å². The van der Waals surface area contributed by atoms with Crippen LogP contribution in [0.5, 0.6) is 0 Å². The summed E-state index contributed by atoms with van der Waals surface area (Å²) < 4.78 is 39.4. The zero-order valence-electron chi connectivity index (χ0n) is 17.8. The summed E-state index contributed by atoms with van der Waals surface area (Å²) in [4.78, 5) is 20.9. The molecular weight excluding hydrogens is 469 g/mol. The van der Waals surface area contributed by atoms with Gasteiger partial charge < -0.3 is 10.3 Å². The minimum absolute atomic E-state index is 0.165. The van der Waals surface area contributed by atoms with E-state index in [0.29, 0.717) is 42.2 Å². The topological polar surface area (TPSA) is 84.3 Å². The van der Waals surface area contributed by atoms with Crippen molar-refractivity contribution in [1.29, 1.82) is 5.26 Å². The number of pyridine rings is 1. The highest BCUT2D eigenvalue weighted by Gasteiger charge is 2.49. The molecule has 0 aliphatic carbocycles. The Morgan fingerprint density at radius 1 is 1.26 bits per heavy atom. The lowest BCUT2D eigenvalue weighted by atomic mass is 9.92. The van der Waals surface area contributed by atoms with E-state index in [4.69, 9.17) is 11.6 Å². The van der Waals surface area contributed by atoms with E-state index in [2.05, 4.69) is 26.8 Å². The first-order chi connectivity index (χ1) is 16.3. The lowest BCUT2D eigenvalue weighted by molar-refractivity contribution is -0.157. The van der Waals surface area contributed by atoms with Gasteiger partial charge in [-0.05, 0) is 31.0 Å². The van der Waals surface area contributed by atoms with Crippen molar-refractivity contribution in [1.82, 2.24) is 20.7 Å². The first-order valence-corrected chi connectivity index (χ1v) is 11.2. The predicted octanol–water partition coefficient (Wildman–Crippen LogP) is 3.83. The van der Waals surface area contributed by atoms with Crippen LogP contribution in [0.15, 0.2) is 48.6 Å². The minimum atomic E-state index is -4.40. The third kappa shape index (κ3) is 3.95. The highest BCUT2D eigenvalue weighted by molar-refractivity contribution is 6.31. The standard InChI is InChI=1S/C23H20ClF3N6O/c24-15-1-2-18-17(9-15)20(14(10-28)11-29-18)32-6-3-13(4-7-32)22(34)33-8-5-16-19(12-33)30-31-21(16)23(25,26)27/h1-2,5,8-9,11-13,16,21,30-31H,3-4,6-7H2. The maximum atomic E-state index is 13.1. The maximum Gasteiger partial charge on any atom is 0.406 e. The zero-order valence-corrected chi connectivity index (χ0v) is 18.6. The Labute approximate surface area is 198 Å². The molecule has 5 rings (SSSR count). The fourth-order valence-electron chi connectivity index (χ4n) is 4.78. The molecule has 4 heterocycles. The number of nitrogens with one attached hydrogen (secondary N) is 2. The molecule has 0 bridgehead atoms. The second-order valence-electron chi connectivity index (χ2n) is 8.54. The van der Waals surface area contributed by atoms with Crippen molar-refractivity contribution in [3.05, 3.63) is 59.2 Å². The number of carbonyl (C=O) groups excluding carboxylic acids is 1. The van der Waals surface area contributed by atoms with Crippen LogP contribution in [-0.4, -0.2) is 41.1 Å². The van der Waals surface area contributed by atoms with Gasteiger partial charge in [0.1, 0.15) is 12.1 Å². The fraction of sp³-hybridized carbons (Fsp3) is 0.348. The van der Waals surface area contributed by atoms with Crippen LogP contribution in [-0.2, 0) is 4.79 Å². The molecule has 1 aromatic carbocycles. The molecule has 2 fully saturated rings. The van der Waals surface area contributed by atoms with Crippen LogP contribution in [0.4, 0.5) is 18.9 Å². The molecule has 0 radical (unpaired) electrons. The number of halogens is 4. The number of nitriles is 1. The molecule has 2 atom stereocenters. The summed E-state index contributed by atoms with van der Waals surface area (Å²) in [5.41, 5.74) is 7.04. The highest BCUT2D eigenvalue weighted by Crippen LogP contribution is 2.37. The van der Waals surface area contributed by atoms with Crippen molar-refractivity contribution in [3.63, 3.8) is 0 Å². The Hall–Kier alpha value is -3.29. The van der Waals surface area contributed by atoms with Crippen LogP contribution >= 0.6 is 11.6 Å². The molecule has 2 aromatic rings. The fourth-order valence-corrected chi connectivity index (χ4v) is 4.95. The van der Waals surface area contributed by atoms with Gasteiger partial charge in [-0.15, -0.1) is 0 Å². The van der Waals surface area contributed by atoms with Crippen LogP contribution in [0.2, 0.25) is 5.02 Å². The Kier molecular flexibility index (Phi) is 5.62. The lowest BCUT2D eigenvalue weighted by Crippen LogP contribution is -2.43. The molecule has 1 aromatic heterocycles. The van der Waals surface area contributed by atoms with Gasteiger partial charge in [0.2, 0.25) is 5.91 Å². The third-order valence-corrected chi connectivity index (χ3v) is 6.75. The second kappa shape index (κ2) is 8.49. The molecule has 2 unspecified atom stereocenters. The molecular formula is C23H20ClF3N6O. The molecule has 34 heavy (non-hydrogen) atoms. The smallest absolute Gasteiger partial charge is 0.370 e. The van der Waals surface area contributed by atoms with Gasteiger partial charge >= 0.3 is 6.18 Å². The van der Waals surface area contributed by atoms with Gasteiger partial charge in [-0.25, -0.2) is 5.43 Å². The van der Waals surface area contributed by atoms with E-state index in [-0.39, 0.29) is 11.8 Å². The van der Waals surface area contributed by atoms with Crippen molar-refractivity contribution < 1.29 is 18.0 Å². The number of fused-ring (bicyclic) bond motifs is 2. The molecule has 1 amide bonds. The van der Waals surface area contributed by atoms with Gasteiger partial charge in [0, 0.05) is 53.9 Å². The summed E-state index contributed by atoms with van der Waals surface area (Å²) in [5.74, 6) is -1.34. The van der Waals surface area contributed by atoms with Gasteiger partial charge in [-0.3, -0.25) is 14.7 Å². The second-order valence-corrected chi connectivity index (χ2v) is 8.98. The molecule has 0 saturated carbocycles. The normalized spacial score (nSPS) is 22.9. The monoisotopic (exact) mass is 488 g/mol. The van der Waals surface area contributed by atoms with Crippen LogP contribution in [0, 0.1) is 23.2 Å². The molecule has 0 spiro atoms. The summed E-state index contributed by atoms with van der Waals surface area (Å²) in [5, 5.41) is 11.0. The third-order valence-electron chi connectivity index (χ3n) is 6.51. The SMILES string of the molecule is N#Cc1cnc2ccc(Cl)cc2c1N1CCC(C(=O)N2C=CC3C(=C2)NNC3C(F)(F)F)CC1. The average molecular weight is 489 g/mol. The number of hydrogen-bond acceptors (Lipinski definition) is 6. The maximum absolute atomic E-state index is 13.1. The van der Waals surface area contributed by atoms with Crippen molar-refractivity contribution in [2.45, 2.75) is 25.1 Å². The van der Waals surface area contributed by atoms with E-state index in [1.165, 1.54) is 23.4 Å². The molecule has 176 valence electrons. The number of nitrogens with zero attached hydrogens (tertiary/aromatic N) is 4. The largest absolute Gasteiger partial charge is 0.406 e. The zero-order chi connectivity index (χ0) is 24.0. The van der Waals surface area contributed by atoms with Crippen molar-refractivity contribution in [3.8, 4) is 6.07 Å². The molecule has 7 nitrogen and oxygen atoms in total. The lowest BCUT2D eigenvalue weighted by Gasteiger charge is -2.35. The molecule has 11 heteroatoms. The Morgan fingerprint density at radius 3 is 2.74 bits per heavy atom. The number of carbonyl (C=O) groups is 1. The number of benzene rings is 1. The number of amides is 1. The van der Waals surface area contributed by atoms with Crippen LogP contribution in [0.1, 0.15) is 18.4 Å². The van der Waals surface area contributed by atoms with E-state index in [9.17, 15) is 23.2 Å². The molecule has 2 saturated heterocycles. The van der Waals surface area contributed by atoms with E-state index in [0.717, 1.165) is 16.6 Å². The van der Waals surface area contributed by atoms with Crippen molar-refractivity contribution in [2.75, 3.05) is 18.0 Å². The van der Waals surface area contributed by atoms with Gasteiger partial charge in [0.15, 0.2) is 0 Å². The number of piperidine rings is 1. The quantitative estimate of drug-likeness (QED) is 0.668. The van der Waals surface area contributed by atoms with E-state index < -0.39 is 18.1 Å². The van der Waals surface area contributed by atoms with Crippen molar-refractivity contribution in [2.24, 2.45) is 11.8 Å². The van der Waals surface area contributed by atoms with Crippen molar-refractivity contribution >= 4 is 34.1 Å². The number of alkyl halides is 3. The predicted molar refractivity (Wildman–Crippen MR) is 120 cm³/mol. The Balaban J connectivity index is 1.30. The summed E-state index contributed by atoms with van der Waals surface area (Å²) >= 11 is 6.18. The highest BCUT2D eigenvalue weighted by atomic mass is 35.5. The van der Waals surface area contributed by atoms with Gasteiger partial charge in [-0.1, -0.05) is 17.7 Å².